The molecule has 0 fully saturated rings. The van der Waals surface area contributed by atoms with Gasteiger partial charge in [-0.2, -0.15) is 0 Å². The predicted molar refractivity (Wildman–Crippen MR) is 147 cm³/mol. The molecule has 3 aromatic carbocycles. The monoisotopic (exact) mass is 579 g/mol. The number of likely N-dealkylation sites (N-methyl/N-ethyl adjacent to an activating group) is 1. The van der Waals surface area contributed by atoms with E-state index in [2.05, 4.69) is 5.32 Å². The van der Waals surface area contributed by atoms with E-state index in [1.807, 2.05) is 0 Å². The second-order valence-corrected chi connectivity index (χ2v) is 11.1. The number of nitrogens with one attached hydrogen (secondary N) is 1. The first kappa shape index (κ1) is 29.4. The minimum absolute atomic E-state index is 0.0415. The zero-order valence-electron chi connectivity index (χ0n) is 20.9. The molecule has 1 atom stereocenters. The quantitative estimate of drug-likeness (QED) is 0.335. The Morgan fingerprint density at radius 1 is 0.974 bits per heavy atom. The van der Waals surface area contributed by atoms with Crippen LogP contribution in [0.2, 0.25) is 10.0 Å². The first-order chi connectivity index (χ1) is 18.1. The molecule has 0 heterocycles. The van der Waals surface area contributed by atoms with Gasteiger partial charge in [-0.05, 0) is 67.4 Å². The van der Waals surface area contributed by atoms with Crippen molar-refractivity contribution < 1.29 is 22.4 Å². The van der Waals surface area contributed by atoms with Crippen molar-refractivity contribution in [1.29, 1.82) is 0 Å². The molecule has 3 aromatic rings. The number of carbonyl (C=O) groups excluding carboxylic acids is 2. The van der Waals surface area contributed by atoms with Gasteiger partial charge in [0.2, 0.25) is 11.8 Å². The molecule has 3 rings (SSSR count). The van der Waals surface area contributed by atoms with Gasteiger partial charge in [0.25, 0.3) is 10.0 Å². The number of carbonyl (C=O) groups is 2. The van der Waals surface area contributed by atoms with Crippen LogP contribution in [0.15, 0.2) is 77.7 Å². The highest BCUT2D eigenvalue weighted by molar-refractivity contribution is 7.92. The lowest BCUT2D eigenvalue weighted by atomic mass is 10.1. The van der Waals surface area contributed by atoms with Crippen LogP contribution in [0, 0.1) is 5.82 Å². The fourth-order valence-electron chi connectivity index (χ4n) is 3.90. The number of hydrogen-bond acceptors (Lipinski definition) is 4. The van der Waals surface area contributed by atoms with Crippen LogP contribution in [0.4, 0.5) is 10.1 Å². The summed E-state index contributed by atoms with van der Waals surface area (Å²) in [6, 6.07) is 16.3. The number of halogens is 3. The first-order valence-corrected chi connectivity index (χ1v) is 14.1. The maximum absolute atomic E-state index is 13.9. The number of benzene rings is 3. The molecule has 0 saturated carbocycles. The number of rotatable bonds is 11. The second-order valence-electron chi connectivity index (χ2n) is 8.38. The molecule has 0 unspecified atom stereocenters. The fourth-order valence-corrected chi connectivity index (χ4v) is 5.80. The van der Waals surface area contributed by atoms with Crippen molar-refractivity contribution in [3.63, 3.8) is 0 Å². The Morgan fingerprint density at radius 2 is 1.63 bits per heavy atom. The van der Waals surface area contributed by atoms with Crippen LogP contribution >= 0.6 is 23.2 Å². The SMILES string of the molecule is CCNC(=O)[C@H](CC)N(Cc1ccc(Cl)cc1Cl)C(=O)CN(c1ccc(F)cc1)S(=O)(=O)c1ccccc1. The molecule has 0 aliphatic heterocycles. The second kappa shape index (κ2) is 13.1. The van der Waals surface area contributed by atoms with Gasteiger partial charge in [0.15, 0.2) is 0 Å². The average Bonchev–Trinajstić information content (AvgIpc) is 2.89. The lowest BCUT2D eigenvalue weighted by Crippen LogP contribution is -2.52. The number of anilines is 1. The van der Waals surface area contributed by atoms with Crippen molar-refractivity contribution in [2.45, 2.75) is 37.8 Å². The third-order valence-electron chi connectivity index (χ3n) is 5.82. The Hall–Kier alpha value is -3.14. The summed E-state index contributed by atoms with van der Waals surface area (Å²) in [5, 5.41) is 3.43. The normalized spacial score (nSPS) is 12.0. The third-order valence-corrected chi connectivity index (χ3v) is 8.19. The third kappa shape index (κ3) is 7.03. The molecule has 11 heteroatoms. The van der Waals surface area contributed by atoms with Crippen molar-refractivity contribution in [3.8, 4) is 0 Å². The first-order valence-electron chi connectivity index (χ1n) is 11.9. The summed E-state index contributed by atoms with van der Waals surface area (Å²) in [6.45, 7) is 3.16. The number of nitrogens with zero attached hydrogens (tertiary/aromatic N) is 2. The molecule has 0 bridgehead atoms. The van der Waals surface area contributed by atoms with Crippen molar-refractivity contribution in [2.75, 3.05) is 17.4 Å². The van der Waals surface area contributed by atoms with Gasteiger partial charge < -0.3 is 10.2 Å². The van der Waals surface area contributed by atoms with Crippen molar-refractivity contribution in [2.24, 2.45) is 0 Å². The topological polar surface area (TPSA) is 86.8 Å². The molecule has 38 heavy (non-hydrogen) atoms. The zero-order valence-corrected chi connectivity index (χ0v) is 23.2. The largest absolute Gasteiger partial charge is 0.355 e. The van der Waals surface area contributed by atoms with E-state index in [-0.39, 0.29) is 29.5 Å². The highest BCUT2D eigenvalue weighted by Gasteiger charge is 2.33. The summed E-state index contributed by atoms with van der Waals surface area (Å²) in [4.78, 5) is 28.0. The van der Waals surface area contributed by atoms with Gasteiger partial charge in [-0.3, -0.25) is 13.9 Å². The van der Waals surface area contributed by atoms with Crippen LogP contribution in [-0.4, -0.2) is 44.3 Å². The molecule has 2 amide bonds. The summed E-state index contributed by atoms with van der Waals surface area (Å²) in [7, 11) is -4.23. The molecular formula is C27H28Cl2FN3O4S. The van der Waals surface area contributed by atoms with Crippen LogP contribution in [0.25, 0.3) is 0 Å². The molecule has 0 aromatic heterocycles. The van der Waals surface area contributed by atoms with Gasteiger partial charge in [0.1, 0.15) is 18.4 Å². The minimum atomic E-state index is -4.23. The minimum Gasteiger partial charge on any atom is -0.355 e. The van der Waals surface area contributed by atoms with E-state index in [1.165, 1.54) is 35.2 Å². The number of hydrogen-bond donors (Lipinski definition) is 1. The van der Waals surface area contributed by atoms with Gasteiger partial charge in [0.05, 0.1) is 10.6 Å². The molecular weight excluding hydrogens is 552 g/mol. The Bertz CT molecular complexity index is 1370. The maximum Gasteiger partial charge on any atom is 0.264 e. The van der Waals surface area contributed by atoms with Crippen LogP contribution in [-0.2, 0) is 26.2 Å². The zero-order chi connectivity index (χ0) is 27.9. The van der Waals surface area contributed by atoms with Crippen LogP contribution in [0.3, 0.4) is 0 Å². The Labute approximate surface area is 232 Å². The highest BCUT2D eigenvalue weighted by atomic mass is 35.5. The summed E-state index contributed by atoms with van der Waals surface area (Å²) in [5.74, 6) is -1.58. The van der Waals surface area contributed by atoms with E-state index >= 15 is 0 Å². The molecule has 0 aliphatic rings. The Morgan fingerprint density at radius 3 is 2.21 bits per heavy atom. The lowest BCUT2D eigenvalue weighted by molar-refractivity contribution is -0.140. The highest BCUT2D eigenvalue weighted by Crippen LogP contribution is 2.27. The summed E-state index contributed by atoms with van der Waals surface area (Å²) >= 11 is 12.4. The maximum atomic E-state index is 13.9. The van der Waals surface area contributed by atoms with E-state index in [0.717, 1.165) is 16.4 Å². The van der Waals surface area contributed by atoms with Gasteiger partial charge in [-0.15, -0.1) is 0 Å². The van der Waals surface area contributed by atoms with Crippen LogP contribution in [0.1, 0.15) is 25.8 Å². The molecule has 0 radical (unpaired) electrons. The van der Waals surface area contributed by atoms with E-state index in [4.69, 9.17) is 23.2 Å². The van der Waals surface area contributed by atoms with E-state index in [1.54, 1.807) is 44.2 Å². The summed E-state index contributed by atoms with van der Waals surface area (Å²) in [5.41, 5.74) is 0.630. The lowest BCUT2D eigenvalue weighted by Gasteiger charge is -2.33. The summed E-state index contributed by atoms with van der Waals surface area (Å²) in [6.07, 6.45) is 0.269. The number of amides is 2. The van der Waals surface area contributed by atoms with Crippen molar-refractivity contribution in [1.82, 2.24) is 10.2 Å². The molecule has 0 aliphatic carbocycles. The van der Waals surface area contributed by atoms with Gasteiger partial charge >= 0.3 is 0 Å². The van der Waals surface area contributed by atoms with Crippen LogP contribution < -0.4 is 9.62 Å². The Balaban J connectivity index is 2.06. The predicted octanol–water partition coefficient (Wildman–Crippen LogP) is 5.27. The van der Waals surface area contributed by atoms with E-state index < -0.39 is 34.3 Å². The van der Waals surface area contributed by atoms with Crippen molar-refractivity contribution >= 4 is 50.7 Å². The summed E-state index contributed by atoms with van der Waals surface area (Å²) < 4.78 is 41.9. The van der Waals surface area contributed by atoms with E-state index in [0.29, 0.717) is 22.2 Å². The average molecular weight is 581 g/mol. The number of sulfonamides is 1. The Kier molecular flexibility index (Phi) is 10.1. The van der Waals surface area contributed by atoms with Crippen LogP contribution in [0.5, 0.6) is 0 Å². The molecule has 1 N–H and O–H groups in total. The standard InChI is InChI=1S/C27H28Cl2FN3O4S/c1-3-25(27(35)31-4-2)32(17-19-10-11-20(28)16-24(19)29)26(34)18-33(22-14-12-21(30)13-15-22)38(36,37)23-8-6-5-7-9-23/h5-16,25H,3-4,17-18H2,1-2H3,(H,31,35)/t25-/m0/s1. The molecule has 0 spiro atoms. The molecule has 7 nitrogen and oxygen atoms in total. The smallest absolute Gasteiger partial charge is 0.264 e. The van der Waals surface area contributed by atoms with Gasteiger partial charge in [-0.25, -0.2) is 12.8 Å². The molecule has 0 saturated heterocycles. The van der Waals surface area contributed by atoms with E-state index in [9.17, 15) is 22.4 Å². The van der Waals surface area contributed by atoms with Gasteiger partial charge in [-0.1, -0.05) is 54.4 Å². The fraction of sp³-hybridized carbons (Fsp3) is 0.259. The van der Waals surface area contributed by atoms with Gasteiger partial charge in [0, 0.05) is 23.1 Å². The molecule has 202 valence electrons. The van der Waals surface area contributed by atoms with Crippen molar-refractivity contribution in [3.05, 3.63) is 94.2 Å².